The Morgan fingerprint density at radius 3 is 2.24 bits per heavy atom. The van der Waals surface area contributed by atoms with Crippen molar-refractivity contribution in [3.05, 3.63) is 47.5 Å². The first-order valence-electron chi connectivity index (χ1n) is 9.52. The Bertz CT molecular complexity index is 670. The first-order valence-corrected chi connectivity index (χ1v) is 10.7. The molecule has 0 aliphatic carbocycles. The first-order chi connectivity index (χ1) is 13.9. The third kappa shape index (κ3) is 9.65. The molecule has 0 aliphatic heterocycles. The molecule has 0 spiro atoms. The van der Waals surface area contributed by atoms with Gasteiger partial charge in [-0.3, -0.25) is 14.4 Å². The third-order valence-electron chi connectivity index (χ3n) is 4.34. The van der Waals surface area contributed by atoms with Gasteiger partial charge in [0.2, 0.25) is 0 Å². The Hall–Kier alpha value is -2.28. The average Bonchev–Trinajstić information content (AvgIpc) is 2.71. The molecule has 0 saturated heterocycles. The van der Waals surface area contributed by atoms with E-state index < -0.39 is 24.0 Å². The number of methoxy groups -OCH3 is 2. The second-order valence-electron chi connectivity index (χ2n) is 6.50. The number of ether oxygens (including phenoxy) is 3. The molecule has 0 radical (unpaired) electrons. The van der Waals surface area contributed by atoms with E-state index in [1.807, 2.05) is 36.0 Å². The van der Waals surface area contributed by atoms with Crippen molar-refractivity contribution in [2.45, 2.75) is 45.0 Å². The second-order valence-corrected chi connectivity index (χ2v) is 7.60. The first kappa shape index (κ1) is 24.8. The molecule has 1 aromatic carbocycles. The molecule has 1 aromatic rings. The van der Waals surface area contributed by atoms with Crippen molar-refractivity contribution in [3.63, 3.8) is 0 Å². The van der Waals surface area contributed by atoms with Gasteiger partial charge in [0, 0.05) is 12.7 Å². The maximum atomic E-state index is 11.9. The minimum absolute atomic E-state index is 0.230. The van der Waals surface area contributed by atoms with Crippen molar-refractivity contribution in [1.82, 2.24) is 0 Å². The number of hydrogen-bond donors (Lipinski definition) is 0. The van der Waals surface area contributed by atoms with E-state index in [0.29, 0.717) is 6.42 Å². The van der Waals surface area contributed by atoms with Crippen LogP contribution >= 0.6 is 11.8 Å². The maximum Gasteiger partial charge on any atom is 0.320 e. The van der Waals surface area contributed by atoms with Gasteiger partial charge in [-0.1, -0.05) is 36.4 Å². The van der Waals surface area contributed by atoms with Crippen LogP contribution in [0, 0.1) is 5.92 Å². The maximum absolute atomic E-state index is 11.9. The quantitative estimate of drug-likeness (QED) is 0.166. The van der Waals surface area contributed by atoms with Crippen LogP contribution in [-0.4, -0.2) is 44.0 Å². The monoisotopic (exact) mass is 422 g/mol. The van der Waals surface area contributed by atoms with E-state index in [1.54, 1.807) is 6.92 Å². The fraction of sp³-hybridized carbons (Fsp3) is 0.500. The van der Waals surface area contributed by atoms with Crippen molar-refractivity contribution >= 4 is 29.7 Å². The van der Waals surface area contributed by atoms with Gasteiger partial charge in [-0.2, -0.15) is 11.8 Å². The van der Waals surface area contributed by atoms with Crippen molar-refractivity contribution in [1.29, 1.82) is 0 Å². The van der Waals surface area contributed by atoms with E-state index >= 15 is 0 Å². The fourth-order valence-corrected chi connectivity index (χ4v) is 3.67. The zero-order valence-corrected chi connectivity index (χ0v) is 18.3. The van der Waals surface area contributed by atoms with Crippen LogP contribution in [-0.2, 0) is 34.3 Å². The summed E-state index contributed by atoms with van der Waals surface area (Å²) in [6.07, 6.45) is 3.04. The Morgan fingerprint density at radius 2 is 1.69 bits per heavy atom. The zero-order chi connectivity index (χ0) is 21.6. The summed E-state index contributed by atoms with van der Waals surface area (Å²) < 4.78 is 14.7. The molecule has 0 N–H and O–H groups in total. The predicted molar refractivity (Wildman–Crippen MR) is 113 cm³/mol. The number of hydrogen-bond acceptors (Lipinski definition) is 7. The minimum atomic E-state index is -0.995. The summed E-state index contributed by atoms with van der Waals surface area (Å²) in [5, 5.41) is 0. The summed E-state index contributed by atoms with van der Waals surface area (Å²) >= 11 is 1.81. The third-order valence-corrected chi connectivity index (χ3v) is 5.40. The summed E-state index contributed by atoms with van der Waals surface area (Å²) in [5.74, 6) is -0.798. The predicted octanol–water partition coefficient (Wildman–Crippen LogP) is 3.93. The summed E-state index contributed by atoms with van der Waals surface area (Å²) in [7, 11) is 2.47. The smallest absolute Gasteiger partial charge is 0.320 e. The van der Waals surface area contributed by atoms with Crippen LogP contribution in [0.2, 0.25) is 0 Å². The lowest BCUT2D eigenvalue weighted by Crippen LogP contribution is -2.27. The topological polar surface area (TPSA) is 78.9 Å². The van der Waals surface area contributed by atoms with Gasteiger partial charge in [-0.25, -0.2) is 0 Å². The molecule has 0 fully saturated rings. The normalized spacial score (nSPS) is 12.4. The van der Waals surface area contributed by atoms with Crippen LogP contribution < -0.4 is 0 Å². The number of esters is 3. The summed E-state index contributed by atoms with van der Waals surface area (Å²) in [6.45, 7) is 3.14. The molecule has 160 valence electrons. The molecule has 1 rings (SSSR count). The lowest BCUT2D eigenvalue weighted by molar-refractivity contribution is -0.159. The van der Waals surface area contributed by atoms with E-state index in [4.69, 9.17) is 14.2 Å². The summed E-state index contributed by atoms with van der Waals surface area (Å²) in [5.41, 5.74) is 2.15. The Labute approximate surface area is 177 Å². The zero-order valence-electron chi connectivity index (χ0n) is 17.5. The van der Waals surface area contributed by atoms with E-state index in [2.05, 4.69) is 12.1 Å². The van der Waals surface area contributed by atoms with Crippen LogP contribution in [0.4, 0.5) is 0 Å². The Morgan fingerprint density at radius 1 is 1.07 bits per heavy atom. The highest BCUT2D eigenvalue weighted by Gasteiger charge is 2.29. The standard InChI is InChI=1S/C22H30O6S/c1-16(28-17(2)23)19(12-13-20(21(24)26-3)22(25)27-4)11-8-14-29-15-18-9-6-5-7-10-18/h5-7,9-11,16,20H,8,12-15H2,1-4H3/b19-11+. The van der Waals surface area contributed by atoms with Gasteiger partial charge in [-0.05, 0) is 43.1 Å². The van der Waals surface area contributed by atoms with Crippen LogP contribution in [0.25, 0.3) is 0 Å². The van der Waals surface area contributed by atoms with Crippen LogP contribution in [0.1, 0.15) is 38.7 Å². The molecule has 0 saturated carbocycles. The number of carbonyl (C=O) groups is 3. The Balaban J connectivity index is 2.68. The number of benzene rings is 1. The molecule has 1 atom stereocenters. The largest absolute Gasteiger partial charge is 0.468 e. The number of rotatable bonds is 12. The van der Waals surface area contributed by atoms with E-state index in [1.165, 1.54) is 26.7 Å². The molecule has 0 amide bonds. The molecule has 7 heteroatoms. The van der Waals surface area contributed by atoms with Crippen molar-refractivity contribution < 1.29 is 28.6 Å². The fourth-order valence-electron chi connectivity index (χ4n) is 2.82. The van der Waals surface area contributed by atoms with Gasteiger partial charge in [0.15, 0.2) is 5.92 Å². The Kier molecular flexibility index (Phi) is 11.8. The van der Waals surface area contributed by atoms with Crippen molar-refractivity contribution in [2.24, 2.45) is 5.92 Å². The molecule has 0 aromatic heterocycles. The van der Waals surface area contributed by atoms with Crippen molar-refractivity contribution in [2.75, 3.05) is 20.0 Å². The molecule has 6 nitrogen and oxygen atoms in total. The SMILES string of the molecule is COC(=O)C(CC/C(=C\CCSCc1ccccc1)C(C)OC(C)=O)C(=O)OC. The van der Waals surface area contributed by atoms with Crippen molar-refractivity contribution in [3.8, 4) is 0 Å². The van der Waals surface area contributed by atoms with Gasteiger partial charge in [0.1, 0.15) is 6.10 Å². The second kappa shape index (κ2) is 13.8. The van der Waals surface area contributed by atoms with Crippen LogP contribution in [0.15, 0.2) is 42.0 Å². The highest BCUT2D eigenvalue weighted by molar-refractivity contribution is 7.98. The molecular formula is C22H30O6S. The summed E-state index contributed by atoms with van der Waals surface area (Å²) in [4.78, 5) is 35.1. The van der Waals surface area contributed by atoms with E-state index in [0.717, 1.165) is 23.5 Å². The molecule has 0 aliphatic rings. The minimum Gasteiger partial charge on any atom is -0.468 e. The van der Waals surface area contributed by atoms with Crippen LogP contribution in [0.3, 0.4) is 0 Å². The molecule has 29 heavy (non-hydrogen) atoms. The lowest BCUT2D eigenvalue weighted by Gasteiger charge is -2.18. The average molecular weight is 423 g/mol. The molecular weight excluding hydrogens is 392 g/mol. The molecule has 1 unspecified atom stereocenters. The molecule has 0 heterocycles. The van der Waals surface area contributed by atoms with Gasteiger partial charge < -0.3 is 14.2 Å². The highest BCUT2D eigenvalue weighted by Crippen LogP contribution is 2.21. The summed E-state index contributed by atoms with van der Waals surface area (Å²) in [6, 6.07) is 10.2. The van der Waals surface area contributed by atoms with Gasteiger partial charge >= 0.3 is 17.9 Å². The van der Waals surface area contributed by atoms with Gasteiger partial charge in [0.05, 0.1) is 14.2 Å². The lowest BCUT2D eigenvalue weighted by atomic mass is 9.96. The number of thioether (sulfide) groups is 1. The van der Waals surface area contributed by atoms with Gasteiger partial charge in [-0.15, -0.1) is 0 Å². The number of allylic oxidation sites excluding steroid dienone is 1. The highest BCUT2D eigenvalue weighted by atomic mass is 32.2. The van der Waals surface area contributed by atoms with E-state index in [-0.39, 0.29) is 12.4 Å². The molecule has 0 bridgehead atoms. The van der Waals surface area contributed by atoms with Crippen LogP contribution in [0.5, 0.6) is 0 Å². The van der Waals surface area contributed by atoms with Gasteiger partial charge in [0.25, 0.3) is 0 Å². The van der Waals surface area contributed by atoms with E-state index in [9.17, 15) is 14.4 Å². The number of carbonyl (C=O) groups excluding carboxylic acids is 3.